The molecule has 0 unspecified atom stereocenters. The van der Waals surface area contributed by atoms with E-state index in [1.807, 2.05) is 0 Å². The van der Waals surface area contributed by atoms with E-state index in [4.69, 9.17) is 0 Å². The summed E-state index contributed by atoms with van der Waals surface area (Å²) in [5.74, 6) is -0.703. The molecule has 0 saturated carbocycles. The van der Waals surface area contributed by atoms with E-state index in [0.29, 0.717) is 0 Å². The Morgan fingerprint density at radius 1 is 1.13 bits per heavy atom. The zero-order valence-corrected chi connectivity index (χ0v) is 10.1. The van der Waals surface area contributed by atoms with E-state index in [1.54, 1.807) is 0 Å². The summed E-state index contributed by atoms with van der Waals surface area (Å²) in [6.07, 6.45) is 0. The molecular weight excluding hydrogens is 215 g/mol. The largest absolute Gasteiger partial charge is 1.00 e. The molecular formula is C7H5N2NaO5. The van der Waals surface area contributed by atoms with Crippen molar-refractivity contribution in [2.24, 2.45) is 0 Å². The number of rotatable bonds is 2. The second kappa shape index (κ2) is 5.06. The predicted octanol–water partition coefficient (Wildman–Crippen LogP) is -2.11. The number of hydrogen-bond acceptors (Lipinski definition) is 5. The fourth-order valence-corrected chi connectivity index (χ4v) is 0.954. The Morgan fingerprint density at radius 3 is 2.07 bits per heavy atom. The van der Waals surface area contributed by atoms with Crippen molar-refractivity contribution in [1.82, 2.24) is 0 Å². The van der Waals surface area contributed by atoms with Gasteiger partial charge in [-0.1, -0.05) is 5.75 Å². The molecule has 0 aromatic heterocycles. The first-order chi connectivity index (χ1) is 6.43. The van der Waals surface area contributed by atoms with E-state index in [0.717, 1.165) is 12.1 Å². The summed E-state index contributed by atoms with van der Waals surface area (Å²) in [5, 5.41) is 31.7. The maximum absolute atomic E-state index is 11.1. The Morgan fingerprint density at radius 2 is 1.67 bits per heavy atom. The van der Waals surface area contributed by atoms with Gasteiger partial charge in [0.15, 0.2) is 0 Å². The molecule has 0 N–H and O–H groups in total. The van der Waals surface area contributed by atoms with Crippen molar-refractivity contribution in [3.05, 3.63) is 37.9 Å². The Kier molecular flexibility index (Phi) is 4.66. The van der Waals surface area contributed by atoms with Gasteiger partial charge in [-0.3, -0.25) is 20.2 Å². The minimum atomic E-state index is -0.839. The van der Waals surface area contributed by atoms with Gasteiger partial charge in [0.25, 0.3) is 11.4 Å². The second-order valence-corrected chi connectivity index (χ2v) is 2.60. The molecule has 8 heteroatoms. The van der Waals surface area contributed by atoms with Crippen LogP contribution < -0.4 is 34.7 Å². The minimum absolute atomic E-state index is 0. The molecule has 0 fully saturated rings. The van der Waals surface area contributed by atoms with E-state index in [-0.39, 0.29) is 35.1 Å². The van der Waals surface area contributed by atoms with E-state index >= 15 is 0 Å². The van der Waals surface area contributed by atoms with Gasteiger partial charge in [0, 0.05) is 11.6 Å². The molecule has 7 nitrogen and oxygen atoms in total. The number of nitro groups is 2. The van der Waals surface area contributed by atoms with Crippen LogP contribution >= 0.6 is 0 Å². The van der Waals surface area contributed by atoms with Crippen molar-refractivity contribution < 1.29 is 44.5 Å². The SMILES string of the molecule is Cc1c([O-])cc([N+](=O)[O-])cc1[N+](=O)[O-].[Na+]. The van der Waals surface area contributed by atoms with Gasteiger partial charge in [0.05, 0.1) is 15.9 Å². The van der Waals surface area contributed by atoms with Gasteiger partial charge in [-0.25, -0.2) is 0 Å². The fraction of sp³-hybridized carbons (Fsp3) is 0.143. The Balaban J connectivity index is 0.00000196. The van der Waals surface area contributed by atoms with Crippen LogP contribution in [0.15, 0.2) is 12.1 Å². The van der Waals surface area contributed by atoms with E-state index in [2.05, 4.69) is 0 Å². The summed E-state index contributed by atoms with van der Waals surface area (Å²) in [6.45, 7) is 1.25. The minimum Gasteiger partial charge on any atom is -0.872 e. The molecule has 0 spiro atoms. The maximum atomic E-state index is 11.1. The molecule has 15 heavy (non-hydrogen) atoms. The van der Waals surface area contributed by atoms with E-state index < -0.39 is 27.0 Å². The average Bonchev–Trinajstić information content (AvgIpc) is 2.08. The van der Waals surface area contributed by atoms with Crippen molar-refractivity contribution in [3.8, 4) is 5.75 Å². The van der Waals surface area contributed by atoms with Gasteiger partial charge in [-0.05, 0) is 6.92 Å². The molecule has 1 aromatic rings. The molecule has 0 aliphatic rings. The quantitative estimate of drug-likeness (QED) is 0.322. The van der Waals surface area contributed by atoms with Crippen molar-refractivity contribution in [2.45, 2.75) is 6.92 Å². The molecule has 0 bridgehead atoms. The first-order valence-electron chi connectivity index (χ1n) is 3.54. The molecule has 0 heterocycles. The van der Waals surface area contributed by atoms with Crippen LogP contribution in [0.2, 0.25) is 0 Å². The van der Waals surface area contributed by atoms with Crippen LogP contribution in [-0.4, -0.2) is 9.85 Å². The number of non-ortho nitro benzene ring substituents is 1. The van der Waals surface area contributed by atoms with Crippen LogP contribution in [0.3, 0.4) is 0 Å². The average molecular weight is 220 g/mol. The monoisotopic (exact) mass is 220 g/mol. The zero-order chi connectivity index (χ0) is 10.9. The fourth-order valence-electron chi connectivity index (χ4n) is 0.954. The number of nitro benzene ring substituents is 2. The first kappa shape index (κ1) is 13.8. The molecule has 0 radical (unpaired) electrons. The van der Waals surface area contributed by atoms with Gasteiger partial charge in [0.1, 0.15) is 0 Å². The van der Waals surface area contributed by atoms with Crippen LogP contribution in [0, 0.1) is 27.2 Å². The van der Waals surface area contributed by atoms with Crippen LogP contribution in [0.1, 0.15) is 5.56 Å². The van der Waals surface area contributed by atoms with Gasteiger partial charge in [-0.2, -0.15) is 0 Å². The van der Waals surface area contributed by atoms with Crippen LogP contribution in [-0.2, 0) is 0 Å². The second-order valence-electron chi connectivity index (χ2n) is 2.60. The molecule has 0 amide bonds. The summed E-state index contributed by atoms with van der Waals surface area (Å²) >= 11 is 0. The van der Waals surface area contributed by atoms with Crippen molar-refractivity contribution >= 4 is 11.4 Å². The number of hydrogen-bond donors (Lipinski definition) is 0. The summed E-state index contributed by atoms with van der Waals surface area (Å²) in [7, 11) is 0. The Hall–Kier alpha value is -1.18. The third kappa shape index (κ3) is 2.88. The zero-order valence-electron chi connectivity index (χ0n) is 8.09. The van der Waals surface area contributed by atoms with E-state index in [9.17, 15) is 25.3 Å². The predicted molar refractivity (Wildman–Crippen MR) is 43.9 cm³/mol. The third-order valence-electron chi connectivity index (χ3n) is 1.72. The molecule has 1 rings (SSSR count). The Labute approximate surface area is 106 Å². The summed E-state index contributed by atoms with van der Waals surface area (Å²) in [5.41, 5.74) is -1.18. The molecule has 0 atom stereocenters. The van der Waals surface area contributed by atoms with Gasteiger partial charge in [0.2, 0.25) is 0 Å². The maximum Gasteiger partial charge on any atom is 1.00 e. The number of benzene rings is 1. The normalized spacial score (nSPS) is 9.13. The smallest absolute Gasteiger partial charge is 0.872 e. The van der Waals surface area contributed by atoms with Crippen molar-refractivity contribution in [2.75, 3.05) is 0 Å². The van der Waals surface area contributed by atoms with Crippen molar-refractivity contribution in [3.63, 3.8) is 0 Å². The van der Waals surface area contributed by atoms with Gasteiger partial charge >= 0.3 is 29.6 Å². The summed E-state index contributed by atoms with van der Waals surface area (Å²) in [4.78, 5) is 19.0. The standard InChI is InChI=1S/C7H6N2O5.Na/c1-4-6(9(13)14)2-5(8(11)12)3-7(4)10;/h2-3,10H,1H3;/q;+1/p-1. The van der Waals surface area contributed by atoms with Crippen LogP contribution in [0.4, 0.5) is 11.4 Å². The van der Waals surface area contributed by atoms with Gasteiger partial charge in [-0.15, -0.1) is 0 Å². The topological polar surface area (TPSA) is 109 Å². The van der Waals surface area contributed by atoms with Gasteiger partial charge < -0.3 is 5.11 Å². The van der Waals surface area contributed by atoms with E-state index in [1.165, 1.54) is 6.92 Å². The van der Waals surface area contributed by atoms with Crippen LogP contribution in [0.25, 0.3) is 0 Å². The molecule has 0 aliphatic carbocycles. The summed E-state index contributed by atoms with van der Waals surface area (Å²) in [6, 6.07) is 1.54. The van der Waals surface area contributed by atoms with Crippen LogP contribution in [0.5, 0.6) is 5.75 Å². The number of nitrogens with zero attached hydrogens (tertiary/aromatic N) is 2. The first-order valence-corrected chi connectivity index (χ1v) is 3.54. The summed E-state index contributed by atoms with van der Waals surface area (Å²) < 4.78 is 0. The molecule has 0 aliphatic heterocycles. The Bertz CT molecular complexity index is 420. The molecule has 1 aromatic carbocycles. The molecule has 0 saturated heterocycles. The van der Waals surface area contributed by atoms with Crippen molar-refractivity contribution in [1.29, 1.82) is 0 Å². The third-order valence-corrected chi connectivity index (χ3v) is 1.72. The molecule has 74 valence electrons.